The summed E-state index contributed by atoms with van der Waals surface area (Å²) in [4.78, 5) is 17.4. The topological polar surface area (TPSA) is 61.4 Å². The Hall–Kier alpha value is -3.25. The van der Waals surface area contributed by atoms with Gasteiger partial charge in [0.25, 0.3) is 5.91 Å². The second kappa shape index (κ2) is 8.24. The summed E-state index contributed by atoms with van der Waals surface area (Å²) in [5, 5.41) is 11.6. The molecule has 3 heterocycles. The molecule has 1 N–H and O–H groups in total. The first kappa shape index (κ1) is 18.8. The first-order valence-corrected chi connectivity index (χ1v) is 10.5. The summed E-state index contributed by atoms with van der Waals surface area (Å²) in [6.07, 6.45) is 0.912. The monoisotopic (exact) mass is 399 g/mol. The zero-order valence-electron chi connectivity index (χ0n) is 16.9. The molecule has 1 atom stereocenters. The van der Waals surface area contributed by atoms with E-state index in [2.05, 4.69) is 55.6 Å². The van der Waals surface area contributed by atoms with Crippen molar-refractivity contribution in [2.24, 2.45) is 0 Å². The molecular formula is C24H25N5O. The Morgan fingerprint density at radius 1 is 0.967 bits per heavy atom. The molecule has 6 nitrogen and oxygen atoms in total. The Morgan fingerprint density at radius 2 is 1.70 bits per heavy atom. The van der Waals surface area contributed by atoms with Gasteiger partial charge < -0.3 is 10.2 Å². The molecular weight excluding hydrogens is 374 g/mol. The van der Waals surface area contributed by atoms with E-state index in [0.29, 0.717) is 18.3 Å². The first-order valence-electron chi connectivity index (χ1n) is 10.5. The van der Waals surface area contributed by atoms with Crippen LogP contribution >= 0.6 is 0 Å². The molecule has 0 saturated carbocycles. The number of hydrogen-bond donors (Lipinski definition) is 1. The smallest absolute Gasteiger partial charge is 0.272 e. The van der Waals surface area contributed by atoms with E-state index in [-0.39, 0.29) is 5.91 Å². The highest BCUT2D eigenvalue weighted by Gasteiger charge is 2.36. The van der Waals surface area contributed by atoms with Crippen molar-refractivity contribution in [3.05, 3.63) is 89.1 Å². The van der Waals surface area contributed by atoms with Gasteiger partial charge in [0.15, 0.2) is 11.5 Å². The maximum Gasteiger partial charge on any atom is 0.272 e. The molecule has 3 aromatic rings. The highest BCUT2D eigenvalue weighted by molar-refractivity contribution is 5.92. The van der Waals surface area contributed by atoms with Gasteiger partial charge in [0.2, 0.25) is 0 Å². The molecule has 2 aliphatic heterocycles. The van der Waals surface area contributed by atoms with Crippen LogP contribution in [0.1, 0.15) is 27.2 Å². The van der Waals surface area contributed by atoms with E-state index < -0.39 is 0 Å². The summed E-state index contributed by atoms with van der Waals surface area (Å²) < 4.78 is 0. The quantitative estimate of drug-likeness (QED) is 0.715. The van der Waals surface area contributed by atoms with Gasteiger partial charge in [-0.05, 0) is 23.6 Å². The molecule has 0 radical (unpaired) electrons. The van der Waals surface area contributed by atoms with Crippen LogP contribution in [-0.2, 0) is 19.5 Å². The molecule has 1 aromatic heterocycles. The van der Waals surface area contributed by atoms with Crippen molar-refractivity contribution in [2.75, 3.05) is 24.5 Å². The third kappa shape index (κ3) is 3.91. The zero-order chi connectivity index (χ0) is 20.3. The fourth-order valence-electron chi connectivity index (χ4n) is 4.41. The minimum Gasteiger partial charge on any atom is -0.349 e. The fourth-order valence-corrected chi connectivity index (χ4v) is 4.41. The predicted octanol–water partition coefficient (Wildman–Crippen LogP) is 2.65. The molecule has 1 amide bonds. The van der Waals surface area contributed by atoms with Gasteiger partial charge in [-0.25, -0.2) is 0 Å². The number of benzene rings is 2. The van der Waals surface area contributed by atoms with E-state index in [9.17, 15) is 4.79 Å². The van der Waals surface area contributed by atoms with Crippen LogP contribution in [0.3, 0.4) is 0 Å². The van der Waals surface area contributed by atoms with Crippen LogP contribution in [0.5, 0.6) is 0 Å². The van der Waals surface area contributed by atoms with Crippen molar-refractivity contribution in [2.45, 2.75) is 25.6 Å². The molecule has 0 bridgehead atoms. The van der Waals surface area contributed by atoms with E-state index in [4.69, 9.17) is 0 Å². The van der Waals surface area contributed by atoms with Gasteiger partial charge in [-0.2, -0.15) is 0 Å². The van der Waals surface area contributed by atoms with Gasteiger partial charge in [-0.1, -0.05) is 60.7 Å². The Balaban J connectivity index is 1.23. The first-order chi connectivity index (χ1) is 14.8. The highest BCUT2D eigenvalue weighted by Crippen LogP contribution is 2.32. The van der Waals surface area contributed by atoms with Crippen molar-refractivity contribution >= 4 is 11.7 Å². The van der Waals surface area contributed by atoms with Crippen molar-refractivity contribution < 1.29 is 4.79 Å². The lowest BCUT2D eigenvalue weighted by molar-refractivity contribution is 0.0945. The number of fused-ring (bicyclic) bond motifs is 3. The van der Waals surface area contributed by atoms with Crippen LogP contribution in [0.15, 0.2) is 66.7 Å². The number of carbonyl (C=O) groups excluding carboxylic acids is 1. The number of piperazine rings is 1. The van der Waals surface area contributed by atoms with Crippen LogP contribution < -0.4 is 10.2 Å². The molecule has 0 spiro atoms. The van der Waals surface area contributed by atoms with Crippen molar-refractivity contribution in [1.29, 1.82) is 0 Å². The third-order valence-corrected chi connectivity index (χ3v) is 5.92. The summed E-state index contributed by atoms with van der Waals surface area (Å²) in [6, 6.07) is 22.8. The Labute approximate surface area is 176 Å². The molecule has 1 unspecified atom stereocenters. The summed E-state index contributed by atoms with van der Waals surface area (Å²) in [5.74, 6) is 0.767. The maximum atomic E-state index is 12.6. The minimum absolute atomic E-state index is 0.176. The number of rotatable bonds is 5. The van der Waals surface area contributed by atoms with Crippen molar-refractivity contribution in [3.63, 3.8) is 0 Å². The van der Waals surface area contributed by atoms with Crippen LogP contribution in [0.25, 0.3) is 0 Å². The largest absolute Gasteiger partial charge is 0.349 e. The molecule has 1 saturated heterocycles. The summed E-state index contributed by atoms with van der Waals surface area (Å²) in [5.41, 5.74) is 3.93. The van der Waals surface area contributed by atoms with Gasteiger partial charge in [-0.3, -0.25) is 9.69 Å². The molecule has 2 aromatic carbocycles. The average Bonchev–Trinajstić information content (AvgIpc) is 3.15. The number of aromatic nitrogens is 2. The van der Waals surface area contributed by atoms with Gasteiger partial charge >= 0.3 is 0 Å². The second-order valence-electron chi connectivity index (χ2n) is 8.02. The number of carbonyl (C=O) groups is 1. The lowest BCUT2D eigenvalue weighted by Gasteiger charge is -2.38. The SMILES string of the molecule is O=C(NCc1ccccc1)c1cc2c(nn1)N1CCN(Cc3ccccc3)CC1C2. The number of anilines is 1. The standard InChI is InChI=1S/C24H25N5O/c30-24(25-15-18-7-3-1-4-8-18)22-14-20-13-21-17-28(16-19-9-5-2-6-10-19)11-12-29(21)23(20)27-26-22/h1-10,14,21H,11-13,15-17H2,(H,25,30). The number of hydrogen-bond acceptors (Lipinski definition) is 5. The molecule has 5 rings (SSSR count). The summed E-state index contributed by atoms with van der Waals surface area (Å²) >= 11 is 0. The second-order valence-corrected chi connectivity index (χ2v) is 8.02. The molecule has 30 heavy (non-hydrogen) atoms. The number of nitrogens with one attached hydrogen (secondary N) is 1. The van der Waals surface area contributed by atoms with E-state index in [1.54, 1.807) is 0 Å². The Kier molecular flexibility index (Phi) is 5.15. The predicted molar refractivity (Wildman–Crippen MR) is 116 cm³/mol. The maximum absolute atomic E-state index is 12.6. The third-order valence-electron chi connectivity index (χ3n) is 5.92. The lowest BCUT2D eigenvalue weighted by Crippen LogP contribution is -2.51. The van der Waals surface area contributed by atoms with E-state index in [1.165, 1.54) is 5.56 Å². The highest BCUT2D eigenvalue weighted by atomic mass is 16.1. The van der Waals surface area contributed by atoms with E-state index in [1.807, 2.05) is 36.4 Å². The van der Waals surface area contributed by atoms with Crippen LogP contribution in [-0.4, -0.2) is 46.7 Å². The summed E-state index contributed by atoms with van der Waals surface area (Å²) in [6.45, 7) is 4.41. The molecule has 1 fully saturated rings. The van der Waals surface area contributed by atoms with E-state index in [0.717, 1.165) is 49.5 Å². The van der Waals surface area contributed by atoms with Crippen LogP contribution in [0.4, 0.5) is 5.82 Å². The van der Waals surface area contributed by atoms with Gasteiger partial charge in [-0.15, -0.1) is 10.2 Å². The lowest BCUT2D eigenvalue weighted by atomic mass is 10.1. The molecule has 2 aliphatic rings. The van der Waals surface area contributed by atoms with Crippen molar-refractivity contribution in [3.8, 4) is 0 Å². The molecule has 0 aliphatic carbocycles. The number of nitrogens with zero attached hydrogens (tertiary/aromatic N) is 4. The average molecular weight is 399 g/mol. The van der Waals surface area contributed by atoms with Gasteiger partial charge in [0, 0.05) is 44.3 Å². The van der Waals surface area contributed by atoms with E-state index >= 15 is 0 Å². The number of amides is 1. The minimum atomic E-state index is -0.176. The van der Waals surface area contributed by atoms with Gasteiger partial charge in [0.1, 0.15) is 0 Å². The van der Waals surface area contributed by atoms with Crippen LogP contribution in [0.2, 0.25) is 0 Å². The van der Waals surface area contributed by atoms with Crippen LogP contribution in [0, 0.1) is 0 Å². The zero-order valence-corrected chi connectivity index (χ0v) is 16.9. The Bertz CT molecular complexity index is 1020. The molecule has 152 valence electrons. The Morgan fingerprint density at radius 3 is 2.47 bits per heavy atom. The van der Waals surface area contributed by atoms with Crippen molar-refractivity contribution in [1.82, 2.24) is 20.4 Å². The van der Waals surface area contributed by atoms with Gasteiger partial charge in [0.05, 0.1) is 0 Å². The summed E-state index contributed by atoms with van der Waals surface area (Å²) in [7, 11) is 0. The normalized spacial score (nSPS) is 18.0. The fraction of sp³-hybridized carbons (Fsp3) is 0.292. The molecule has 6 heteroatoms.